The summed E-state index contributed by atoms with van der Waals surface area (Å²) in [5.74, 6) is -7.45. The number of fused-ring (bicyclic) bond motifs is 1. The maximum Gasteiger partial charge on any atom is 0.330 e. The molecule has 0 spiro atoms. The number of nitrogens with one attached hydrogen (secondary N) is 10. The van der Waals surface area contributed by atoms with Gasteiger partial charge in [-0.25, -0.2) is 10.2 Å². The molecule has 0 unspecified atom stereocenters. The maximum atomic E-state index is 14.6. The molecule has 28 heteroatoms. The fourth-order valence-corrected chi connectivity index (χ4v) is 9.14. The fourth-order valence-electron chi connectivity index (χ4n) is 9.14. The third kappa shape index (κ3) is 19.7. The van der Waals surface area contributed by atoms with Crippen molar-refractivity contribution in [3.05, 3.63) is 65.9 Å². The number of amides is 11. The first-order valence-electron chi connectivity index (χ1n) is 26.7. The lowest BCUT2D eigenvalue weighted by atomic mass is 10.0. The first-order chi connectivity index (χ1) is 38.3. The van der Waals surface area contributed by atoms with Crippen LogP contribution in [-0.2, 0) is 60.7 Å². The second-order valence-corrected chi connectivity index (χ2v) is 21.3. The molecule has 1 aromatic heterocycles. The van der Waals surface area contributed by atoms with Crippen LogP contribution >= 0.6 is 0 Å². The normalized spacial score (nSPS) is 17.3. The molecule has 18 N–H and O–H groups in total. The number of phenolic OH excluding ortho intramolecular Hbond substituents is 1. The standard InChI is InChI=1S/C53H77N15O13/c1-28(2)22-36(44(73)60-35(12-8-20-57-51(54)55)50(79)68-21-9-13-41(68)49(78)66-67-52(56)80)61-48(77)40(27-81-53(3,4)5)65-45(74)37(23-29-14-16-31(70)17-15-29)62-47(76)39(26-69)64-46(75)38(63-43(72)34-18-19-42(71)59-34)24-30-25-58-33-11-7-6-10-32(30)33/h6-7,10-11,14-17,25,28,34-41,58,69-70H,8-9,12-13,18-24,26-27H2,1-5H3,(H,59,71)(H,60,73)(H,61,77)(H,62,76)(H,63,72)(H,64,75)(H,65,74)(H,66,78)(H4,54,55,57)(H3,56,67,80)/t34-,35-,36-,37-,38-,39-,40+,41-/m0/s1. The third-order valence-corrected chi connectivity index (χ3v) is 13.2. The molecule has 3 aromatic rings. The number of H-pyrrole nitrogens is 1. The summed E-state index contributed by atoms with van der Waals surface area (Å²) in [6.07, 6.45) is 2.49. The Hall–Kier alpha value is -8.53. The molecule has 0 radical (unpaired) electrons. The number of primary amides is 1. The van der Waals surface area contributed by atoms with Crippen LogP contribution < -0.4 is 65.3 Å². The number of aromatic amines is 1. The molecule has 81 heavy (non-hydrogen) atoms. The molecule has 11 amide bonds. The summed E-state index contributed by atoms with van der Waals surface area (Å²) in [6.45, 7) is 7.45. The number of hydrogen-bond acceptors (Lipinski definition) is 14. The Labute approximate surface area is 468 Å². The van der Waals surface area contributed by atoms with Gasteiger partial charge in [-0.3, -0.25) is 53.6 Å². The van der Waals surface area contributed by atoms with E-state index in [1.54, 1.807) is 46.9 Å². The molecule has 442 valence electrons. The molecule has 2 fully saturated rings. The van der Waals surface area contributed by atoms with Crippen LogP contribution in [0.5, 0.6) is 5.75 Å². The van der Waals surface area contributed by atoms with Crippen LogP contribution in [0, 0.1) is 5.92 Å². The number of nitrogens with two attached hydrogens (primary N) is 3. The van der Waals surface area contributed by atoms with Gasteiger partial charge in [0.15, 0.2) is 5.96 Å². The molecule has 2 aliphatic heterocycles. The number of benzene rings is 2. The van der Waals surface area contributed by atoms with E-state index in [9.17, 15) is 58.2 Å². The number of phenols is 1. The first-order valence-corrected chi connectivity index (χ1v) is 26.7. The molecular weight excluding hydrogens is 1050 g/mol. The van der Waals surface area contributed by atoms with Crippen LogP contribution in [-0.4, -0.2) is 165 Å². The predicted molar refractivity (Wildman–Crippen MR) is 294 cm³/mol. The van der Waals surface area contributed by atoms with Crippen molar-refractivity contribution in [3.8, 4) is 5.75 Å². The number of nitrogens with zero attached hydrogens (tertiary/aromatic N) is 2. The van der Waals surface area contributed by atoms with Crippen molar-refractivity contribution in [2.75, 3.05) is 26.3 Å². The molecule has 8 atom stereocenters. The third-order valence-electron chi connectivity index (χ3n) is 13.2. The van der Waals surface area contributed by atoms with E-state index in [1.165, 1.54) is 29.2 Å². The van der Waals surface area contributed by atoms with Crippen LogP contribution in [0.3, 0.4) is 0 Å². The van der Waals surface area contributed by atoms with Gasteiger partial charge >= 0.3 is 6.03 Å². The number of aliphatic hydroxyl groups is 1. The Kier molecular flexibility index (Phi) is 23.1. The van der Waals surface area contributed by atoms with E-state index in [1.807, 2.05) is 23.6 Å². The summed E-state index contributed by atoms with van der Waals surface area (Å²) in [5.41, 5.74) is 21.2. The Morgan fingerprint density at radius 1 is 0.753 bits per heavy atom. The number of guanidine groups is 1. The lowest BCUT2D eigenvalue weighted by Crippen LogP contribution is -2.62. The smallest absolute Gasteiger partial charge is 0.330 e. The number of hydrogen-bond donors (Lipinski definition) is 15. The van der Waals surface area contributed by atoms with Crippen LogP contribution in [0.25, 0.3) is 10.9 Å². The van der Waals surface area contributed by atoms with E-state index in [0.29, 0.717) is 17.5 Å². The van der Waals surface area contributed by atoms with Gasteiger partial charge < -0.3 is 79.3 Å². The average molecular weight is 1130 g/mol. The van der Waals surface area contributed by atoms with Gasteiger partial charge in [0.1, 0.15) is 54.1 Å². The lowest BCUT2D eigenvalue weighted by Gasteiger charge is -2.31. The summed E-state index contributed by atoms with van der Waals surface area (Å²) < 4.78 is 6.00. The Bertz CT molecular complexity index is 2760. The molecule has 2 aliphatic rings. The quantitative estimate of drug-likeness (QED) is 0.0162. The van der Waals surface area contributed by atoms with Crippen LogP contribution in [0.1, 0.15) is 90.7 Å². The van der Waals surface area contributed by atoms with E-state index in [2.05, 4.69) is 52.6 Å². The van der Waals surface area contributed by atoms with Gasteiger partial charge in [-0.2, -0.15) is 0 Å². The Balaban J connectivity index is 1.38. The number of likely N-dealkylation sites (tertiary alicyclic amines) is 1. The number of aromatic hydroxyl groups is 1. The minimum Gasteiger partial charge on any atom is -0.508 e. The second kappa shape index (κ2) is 29.6. The molecule has 28 nitrogen and oxygen atoms in total. The molecule has 3 heterocycles. The molecule has 0 saturated carbocycles. The second-order valence-electron chi connectivity index (χ2n) is 21.3. The largest absolute Gasteiger partial charge is 0.508 e. The molecule has 5 rings (SSSR count). The van der Waals surface area contributed by atoms with Crippen molar-refractivity contribution in [2.45, 2.75) is 146 Å². The number of hydrazine groups is 1. The highest BCUT2D eigenvalue weighted by atomic mass is 16.5. The van der Waals surface area contributed by atoms with E-state index >= 15 is 0 Å². The number of aliphatic hydroxyl groups excluding tert-OH is 1. The van der Waals surface area contributed by atoms with Gasteiger partial charge in [0.2, 0.25) is 47.3 Å². The van der Waals surface area contributed by atoms with Gasteiger partial charge in [-0.05, 0) is 94.5 Å². The molecule has 2 saturated heterocycles. The molecular formula is C53H77N15O13. The van der Waals surface area contributed by atoms with Gasteiger partial charge in [0.05, 0.1) is 18.8 Å². The zero-order chi connectivity index (χ0) is 59.6. The Morgan fingerprint density at radius 3 is 1.99 bits per heavy atom. The van der Waals surface area contributed by atoms with Crippen molar-refractivity contribution in [2.24, 2.45) is 28.1 Å². The average Bonchev–Trinajstić information content (AvgIpc) is 4.27. The topological polar surface area (TPSA) is 438 Å². The van der Waals surface area contributed by atoms with Crippen molar-refractivity contribution in [1.82, 2.24) is 58.0 Å². The van der Waals surface area contributed by atoms with Crippen molar-refractivity contribution in [1.29, 1.82) is 0 Å². The molecule has 0 bridgehead atoms. The number of carbonyl (C=O) groups is 10. The fraction of sp³-hybridized carbons (Fsp3) is 0.528. The van der Waals surface area contributed by atoms with Crippen LogP contribution in [0.4, 0.5) is 4.79 Å². The number of aromatic nitrogens is 1. The summed E-state index contributed by atoms with van der Waals surface area (Å²) in [7, 11) is 0. The summed E-state index contributed by atoms with van der Waals surface area (Å²) in [6, 6.07) is 1.19. The van der Waals surface area contributed by atoms with Gasteiger partial charge in [0, 0.05) is 49.5 Å². The minimum absolute atomic E-state index is 0.00933. The Morgan fingerprint density at radius 2 is 1.36 bits per heavy atom. The van der Waals surface area contributed by atoms with Gasteiger partial charge in [0.25, 0.3) is 5.91 Å². The van der Waals surface area contributed by atoms with Crippen LogP contribution in [0.2, 0.25) is 0 Å². The van der Waals surface area contributed by atoms with E-state index in [-0.39, 0.29) is 88.0 Å². The first kappa shape index (κ1) is 63.3. The monoisotopic (exact) mass is 1130 g/mol. The lowest BCUT2D eigenvalue weighted by molar-refractivity contribution is -0.142. The highest BCUT2D eigenvalue weighted by Crippen LogP contribution is 2.22. The van der Waals surface area contributed by atoms with Gasteiger partial charge in [-0.15, -0.1) is 0 Å². The summed E-state index contributed by atoms with van der Waals surface area (Å²) >= 11 is 0. The number of carbonyl (C=O) groups excluding carboxylic acids is 10. The summed E-state index contributed by atoms with van der Waals surface area (Å²) in [4.78, 5) is 144. The number of aliphatic imine (C=N–C) groups is 1. The number of para-hydroxylation sites is 1. The van der Waals surface area contributed by atoms with Gasteiger partial charge in [-0.1, -0.05) is 44.2 Å². The number of ether oxygens (including phenoxy) is 1. The maximum absolute atomic E-state index is 14.6. The number of urea groups is 1. The predicted octanol–water partition coefficient (Wildman–Crippen LogP) is -2.56. The SMILES string of the molecule is CC(C)C[C@H](NC(=O)[C@@H](COC(C)(C)C)NC(=O)[C@H](Cc1ccc(O)cc1)NC(=O)[C@H](CO)NC(=O)[C@H](Cc1c[nH]c2ccccc12)NC(=O)[C@@H]1CCC(=O)N1)C(=O)N[C@@H](CCCN=C(N)N)C(=O)N1CCC[C@H]1C(=O)NNC(N)=O. The minimum atomic E-state index is -1.71. The molecule has 2 aromatic carbocycles. The van der Waals surface area contributed by atoms with E-state index in [0.717, 1.165) is 10.9 Å². The van der Waals surface area contributed by atoms with E-state index < -0.39 is 120 Å². The van der Waals surface area contributed by atoms with E-state index in [4.69, 9.17) is 21.9 Å². The van der Waals surface area contributed by atoms with Crippen molar-refractivity contribution < 1.29 is 62.9 Å². The zero-order valence-electron chi connectivity index (χ0n) is 46.1. The van der Waals surface area contributed by atoms with Crippen molar-refractivity contribution in [3.63, 3.8) is 0 Å². The molecule has 0 aliphatic carbocycles. The highest BCUT2D eigenvalue weighted by Gasteiger charge is 2.40. The zero-order valence-corrected chi connectivity index (χ0v) is 46.1. The van der Waals surface area contributed by atoms with Crippen molar-refractivity contribution >= 4 is 76.1 Å². The van der Waals surface area contributed by atoms with Crippen LogP contribution in [0.15, 0.2) is 59.7 Å². The highest BCUT2D eigenvalue weighted by molar-refractivity contribution is 5.99. The summed E-state index contributed by atoms with van der Waals surface area (Å²) in [5, 5.41) is 39.8. The number of rotatable bonds is 27.